The maximum atomic E-state index is 5.59. The number of nitrogens with one attached hydrogen (secondary N) is 1. The summed E-state index contributed by atoms with van der Waals surface area (Å²) in [6.07, 6.45) is 3.91. The molecule has 1 unspecified atom stereocenters. The van der Waals surface area contributed by atoms with Crippen molar-refractivity contribution in [2.75, 3.05) is 0 Å². The molecule has 0 aliphatic rings. The van der Waals surface area contributed by atoms with Crippen molar-refractivity contribution >= 4 is 10.9 Å². The van der Waals surface area contributed by atoms with Crippen molar-refractivity contribution in [2.24, 2.45) is 5.84 Å². The Kier molecular flexibility index (Phi) is 3.52. The quantitative estimate of drug-likeness (QED) is 0.481. The Labute approximate surface area is 101 Å². The summed E-state index contributed by atoms with van der Waals surface area (Å²) < 4.78 is 0. The lowest BCUT2D eigenvalue weighted by Crippen LogP contribution is -2.26. The van der Waals surface area contributed by atoms with Crippen LogP contribution in [0, 0.1) is 0 Å². The predicted molar refractivity (Wildman–Crippen MR) is 71.2 cm³/mol. The fourth-order valence-corrected chi connectivity index (χ4v) is 1.86. The van der Waals surface area contributed by atoms with Crippen LogP contribution in [0.3, 0.4) is 0 Å². The first-order chi connectivity index (χ1) is 8.20. The molecule has 17 heavy (non-hydrogen) atoms. The van der Waals surface area contributed by atoms with Gasteiger partial charge in [0.25, 0.3) is 0 Å². The van der Waals surface area contributed by atoms with E-state index in [1.165, 1.54) is 5.57 Å². The summed E-state index contributed by atoms with van der Waals surface area (Å²) in [6, 6.07) is 10.2. The monoisotopic (exact) mass is 227 g/mol. The molecular formula is C14H17N3. The number of pyridine rings is 1. The van der Waals surface area contributed by atoms with Crippen molar-refractivity contribution in [3.05, 3.63) is 53.7 Å². The van der Waals surface area contributed by atoms with E-state index in [1.54, 1.807) is 6.20 Å². The second-order valence-corrected chi connectivity index (χ2v) is 4.34. The van der Waals surface area contributed by atoms with E-state index in [-0.39, 0.29) is 6.04 Å². The first kappa shape index (κ1) is 11.8. The molecule has 0 saturated carbocycles. The summed E-state index contributed by atoms with van der Waals surface area (Å²) in [5.74, 6) is 5.59. The smallest absolute Gasteiger partial charge is 0.0702 e. The normalized spacial score (nSPS) is 12.4. The second-order valence-electron chi connectivity index (χ2n) is 4.34. The van der Waals surface area contributed by atoms with Crippen LogP contribution in [0.1, 0.15) is 25.5 Å². The molecule has 1 aromatic carbocycles. The van der Waals surface area contributed by atoms with Gasteiger partial charge in [-0.2, -0.15) is 0 Å². The third-order valence-corrected chi connectivity index (χ3v) is 2.67. The molecule has 3 N–H and O–H groups in total. The third-order valence-electron chi connectivity index (χ3n) is 2.67. The molecule has 3 nitrogen and oxygen atoms in total. The number of hydrazine groups is 1. The maximum absolute atomic E-state index is 5.59. The topological polar surface area (TPSA) is 50.9 Å². The number of aromatic nitrogens is 1. The second kappa shape index (κ2) is 5.08. The zero-order valence-corrected chi connectivity index (χ0v) is 10.1. The fraction of sp³-hybridized carbons (Fsp3) is 0.214. The Morgan fingerprint density at radius 1 is 1.35 bits per heavy atom. The molecule has 88 valence electrons. The summed E-state index contributed by atoms with van der Waals surface area (Å²) in [5.41, 5.74) is 6.20. The molecule has 2 rings (SSSR count). The summed E-state index contributed by atoms with van der Waals surface area (Å²) in [4.78, 5) is 4.30. The minimum Gasteiger partial charge on any atom is -0.271 e. The van der Waals surface area contributed by atoms with Gasteiger partial charge in [-0.25, -0.2) is 5.43 Å². The molecule has 3 heteroatoms. The molecule has 0 fully saturated rings. The van der Waals surface area contributed by atoms with Gasteiger partial charge >= 0.3 is 0 Å². The Morgan fingerprint density at radius 3 is 2.88 bits per heavy atom. The third kappa shape index (κ3) is 2.70. The Balaban J connectivity index is 2.44. The van der Waals surface area contributed by atoms with E-state index >= 15 is 0 Å². The minimum atomic E-state index is 0.0459. The Morgan fingerprint density at radius 2 is 2.18 bits per heavy atom. The minimum absolute atomic E-state index is 0.0459. The van der Waals surface area contributed by atoms with E-state index in [0.717, 1.165) is 16.5 Å². The molecule has 1 heterocycles. The van der Waals surface area contributed by atoms with Crippen molar-refractivity contribution in [2.45, 2.75) is 19.9 Å². The molecule has 0 amide bonds. The van der Waals surface area contributed by atoms with E-state index in [4.69, 9.17) is 5.84 Å². The largest absolute Gasteiger partial charge is 0.271 e. The van der Waals surface area contributed by atoms with Gasteiger partial charge in [-0.1, -0.05) is 23.8 Å². The molecule has 1 atom stereocenters. The number of nitrogens with zero attached hydrogens (tertiary/aromatic N) is 1. The van der Waals surface area contributed by atoms with Gasteiger partial charge in [-0.05, 0) is 37.6 Å². The van der Waals surface area contributed by atoms with Gasteiger partial charge in [0.15, 0.2) is 0 Å². The van der Waals surface area contributed by atoms with Crippen LogP contribution in [-0.4, -0.2) is 4.98 Å². The van der Waals surface area contributed by atoms with E-state index < -0.39 is 0 Å². The van der Waals surface area contributed by atoms with Gasteiger partial charge in [0, 0.05) is 11.6 Å². The standard InChI is InChI=1S/C14H17N3/c1-10(2)8-14(17-15)12-5-6-13-11(9-12)4-3-7-16-13/h3-9,14,17H,15H2,1-2H3. The molecule has 0 radical (unpaired) electrons. The van der Waals surface area contributed by atoms with Gasteiger partial charge in [-0.15, -0.1) is 0 Å². The number of allylic oxidation sites excluding steroid dienone is 1. The van der Waals surface area contributed by atoms with Crippen LogP contribution < -0.4 is 11.3 Å². The zero-order valence-electron chi connectivity index (χ0n) is 10.1. The summed E-state index contributed by atoms with van der Waals surface area (Å²) in [7, 11) is 0. The van der Waals surface area contributed by atoms with Crippen LogP contribution in [0.4, 0.5) is 0 Å². The SMILES string of the molecule is CC(C)=CC(NN)c1ccc2ncccc2c1. The van der Waals surface area contributed by atoms with Gasteiger partial charge in [-0.3, -0.25) is 10.8 Å². The fourth-order valence-electron chi connectivity index (χ4n) is 1.86. The summed E-state index contributed by atoms with van der Waals surface area (Å²) in [6.45, 7) is 4.12. The van der Waals surface area contributed by atoms with Crippen molar-refractivity contribution in [1.82, 2.24) is 10.4 Å². The highest BCUT2D eigenvalue weighted by atomic mass is 15.2. The lowest BCUT2D eigenvalue weighted by molar-refractivity contribution is 0.652. The number of fused-ring (bicyclic) bond motifs is 1. The summed E-state index contributed by atoms with van der Waals surface area (Å²) >= 11 is 0. The molecule has 2 aromatic rings. The lowest BCUT2D eigenvalue weighted by Gasteiger charge is -2.13. The average molecular weight is 227 g/mol. The van der Waals surface area contributed by atoms with Crippen molar-refractivity contribution in [3.8, 4) is 0 Å². The van der Waals surface area contributed by atoms with Crippen LogP contribution in [0.15, 0.2) is 48.2 Å². The first-order valence-electron chi connectivity index (χ1n) is 5.66. The van der Waals surface area contributed by atoms with E-state index in [1.807, 2.05) is 12.1 Å². The van der Waals surface area contributed by atoms with Crippen molar-refractivity contribution in [1.29, 1.82) is 0 Å². The molecule has 1 aromatic heterocycles. The number of hydrogen-bond donors (Lipinski definition) is 2. The van der Waals surface area contributed by atoms with E-state index in [0.29, 0.717) is 0 Å². The van der Waals surface area contributed by atoms with Crippen molar-refractivity contribution < 1.29 is 0 Å². The molecule has 0 aliphatic heterocycles. The predicted octanol–water partition coefficient (Wildman–Crippen LogP) is 2.71. The van der Waals surface area contributed by atoms with Gasteiger partial charge < -0.3 is 0 Å². The van der Waals surface area contributed by atoms with Crippen molar-refractivity contribution in [3.63, 3.8) is 0 Å². The molecule has 0 saturated heterocycles. The van der Waals surface area contributed by atoms with Gasteiger partial charge in [0.05, 0.1) is 11.6 Å². The van der Waals surface area contributed by atoms with E-state index in [2.05, 4.69) is 48.5 Å². The van der Waals surface area contributed by atoms with Crippen LogP contribution in [0.5, 0.6) is 0 Å². The Hall–Kier alpha value is -1.71. The highest BCUT2D eigenvalue weighted by Gasteiger charge is 2.06. The molecular weight excluding hydrogens is 210 g/mol. The maximum Gasteiger partial charge on any atom is 0.0702 e. The number of benzene rings is 1. The van der Waals surface area contributed by atoms with Crippen LogP contribution in [0.25, 0.3) is 10.9 Å². The Bertz CT molecular complexity index is 542. The zero-order chi connectivity index (χ0) is 12.3. The van der Waals surface area contributed by atoms with Crippen LogP contribution >= 0.6 is 0 Å². The highest BCUT2D eigenvalue weighted by molar-refractivity contribution is 5.79. The number of rotatable bonds is 3. The van der Waals surface area contributed by atoms with E-state index in [9.17, 15) is 0 Å². The van der Waals surface area contributed by atoms with Gasteiger partial charge in [0.2, 0.25) is 0 Å². The van der Waals surface area contributed by atoms with Gasteiger partial charge in [0.1, 0.15) is 0 Å². The molecule has 0 spiro atoms. The molecule has 0 bridgehead atoms. The number of nitrogens with two attached hydrogens (primary N) is 1. The highest BCUT2D eigenvalue weighted by Crippen LogP contribution is 2.20. The average Bonchev–Trinajstić information content (AvgIpc) is 2.35. The first-order valence-corrected chi connectivity index (χ1v) is 5.66. The summed E-state index contributed by atoms with van der Waals surface area (Å²) in [5, 5.41) is 1.13. The van der Waals surface area contributed by atoms with Crippen LogP contribution in [-0.2, 0) is 0 Å². The lowest BCUT2D eigenvalue weighted by atomic mass is 10.0. The number of hydrogen-bond acceptors (Lipinski definition) is 3. The van der Waals surface area contributed by atoms with Crippen LogP contribution in [0.2, 0.25) is 0 Å². The molecule has 0 aliphatic carbocycles.